The summed E-state index contributed by atoms with van der Waals surface area (Å²) in [6.45, 7) is -0.523. The van der Waals surface area contributed by atoms with Crippen LogP contribution in [0.25, 0.3) is 5.69 Å². The number of hydrogen-bond donors (Lipinski definition) is 1. The van der Waals surface area contributed by atoms with Crippen molar-refractivity contribution < 1.29 is 19.4 Å². The first-order valence-electron chi connectivity index (χ1n) is 7.74. The summed E-state index contributed by atoms with van der Waals surface area (Å²) in [6, 6.07) is 12.1. The number of benzene rings is 2. The molecule has 0 bridgehead atoms. The number of aromatic nitrogens is 2. The van der Waals surface area contributed by atoms with Crippen molar-refractivity contribution >= 4 is 36.7 Å². The summed E-state index contributed by atoms with van der Waals surface area (Å²) in [6.07, 6.45) is 3.05. The number of rotatable bonds is 6. The van der Waals surface area contributed by atoms with Crippen molar-refractivity contribution in [2.24, 2.45) is 0 Å². The zero-order valence-electron chi connectivity index (χ0n) is 13.8. The lowest BCUT2D eigenvalue weighted by Gasteiger charge is -2.09. The van der Waals surface area contributed by atoms with Crippen molar-refractivity contribution in [2.75, 3.05) is 6.61 Å². The minimum Gasteiger partial charge on any atom is -0.481 e. The molecular weight excluding hydrogens is 354 g/mol. The fourth-order valence-corrected chi connectivity index (χ4v) is 2.63. The second kappa shape index (κ2) is 7.45. The third kappa shape index (κ3) is 3.95. The van der Waals surface area contributed by atoms with E-state index in [2.05, 4.69) is 5.10 Å². The molecule has 0 spiro atoms. The van der Waals surface area contributed by atoms with Gasteiger partial charge in [0, 0.05) is 11.2 Å². The van der Waals surface area contributed by atoms with E-state index in [-0.39, 0.29) is 17.1 Å². The number of ether oxygens (including phenoxy) is 1. The van der Waals surface area contributed by atoms with Crippen LogP contribution in [-0.2, 0) is 4.79 Å². The topological polar surface area (TPSA) is 81.4 Å². The maximum Gasteiger partial charge on any atom is 0.341 e. The zero-order chi connectivity index (χ0) is 18.7. The highest BCUT2D eigenvalue weighted by atomic mass is 35.5. The van der Waals surface area contributed by atoms with Crippen LogP contribution in [0.15, 0.2) is 54.9 Å². The lowest BCUT2D eigenvalue weighted by atomic mass is 9.92. The lowest BCUT2D eigenvalue weighted by molar-refractivity contribution is -0.139. The van der Waals surface area contributed by atoms with E-state index in [9.17, 15) is 9.59 Å². The molecule has 0 aliphatic rings. The Morgan fingerprint density at radius 3 is 2.77 bits per heavy atom. The van der Waals surface area contributed by atoms with Gasteiger partial charge in [-0.2, -0.15) is 5.10 Å². The highest BCUT2D eigenvalue weighted by Crippen LogP contribution is 2.22. The van der Waals surface area contributed by atoms with Crippen molar-refractivity contribution in [3.63, 3.8) is 0 Å². The van der Waals surface area contributed by atoms with Gasteiger partial charge in [-0.3, -0.25) is 4.79 Å². The molecule has 1 aromatic heterocycles. The minimum absolute atomic E-state index is 0.221. The molecule has 0 saturated carbocycles. The van der Waals surface area contributed by atoms with Crippen LogP contribution >= 0.6 is 11.6 Å². The Morgan fingerprint density at radius 1 is 1.23 bits per heavy atom. The average Bonchev–Trinajstić information content (AvgIpc) is 3.10. The largest absolute Gasteiger partial charge is 0.481 e. The summed E-state index contributed by atoms with van der Waals surface area (Å²) in [5.74, 6) is -1.20. The standard InChI is InChI=1S/C18H14BClN2O4/c19-12-4-5-16(26-10-17(23)24)15(6-12)18(25)11-8-21-22(9-11)14-3-1-2-13(20)7-14/h1-9H,10,19H2,(H,23,24). The molecule has 0 aliphatic heterocycles. The Balaban J connectivity index is 1.92. The van der Waals surface area contributed by atoms with Gasteiger partial charge in [-0.25, -0.2) is 9.48 Å². The molecule has 0 fully saturated rings. The van der Waals surface area contributed by atoms with Crippen molar-refractivity contribution in [3.8, 4) is 11.4 Å². The van der Waals surface area contributed by atoms with Crippen molar-refractivity contribution in [1.29, 1.82) is 0 Å². The van der Waals surface area contributed by atoms with E-state index < -0.39 is 12.6 Å². The van der Waals surface area contributed by atoms with Crippen LogP contribution in [0.2, 0.25) is 5.02 Å². The van der Waals surface area contributed by atoms with Gasteiger partial charge in [0.15, 0.2) is 12.4 Å². The molecule has 0 unspecified atom stereocenters. The quantitative estimate of drug-likeness (QED) is 0.526. The lowest BCUT2D eigenvalue weighted by Crippen LogP contribution is -2.15. The molecular formula is C18H14BClN2O4. The van der Waals surface area contributed by atoms with Gasteiger partial charge < -0.3 is 9.84 Å². The summed E-state index contributed by atoms with van der Waals surface area (Å²) >= 11 is 5.99. The number of carbonyl (C=O) groups is 2. The Labute approximate surface area is 155 Å². The van der Waals surface area contributed by atoms with Crippen molar-refractivity contribution in [1.82, 2.24) is 9.78 Å². The molecule has 2 aromatic carbocycles. The predicted octanol–water partition coefficient (Wildman–Crippen LogP) is 1.48. The highest BCUT2D eigenvalue weighted by molar-refractivity contribution is 6.33. The van der Waals surface area contributed by atoms with Gasteiger partial charge in [-0.15, -0.1) is 0 Å². The maximum atomic E-state index is 12.9. The number of carboxylic acids is 1. The van der Waals surface area contributed by atoms with E-state index in [1.165, 1.54) is 6.20 Å². The first-order chi connectivity index (χ1) is 12.4. The fourth-order valence-electron chi connectivity index (χ4n) is 2.44. The number of nitrogens with zero attached hydrogens (tertiary/aromatic N) is 2. The number of halogens is 1. The third-order valence-corrected chi connectivity index (χ3v) is 3.88. The van der Waals surface area contributed by atoms with Gasteiger partial charge in [0.05, 0.1) is 23.0 Å². The molecule has 3 rings (SSSR count). The first-order valence-corrected chi connectivity index (χ1v) is 8.12. The summed E-state index contributed by atoms with van der Waals surface area (Å²) in [5, 5.41) is 13.6. The first kappa shape index (κ1) is 17.8. The van der Waals surface area contributed by atoms with E-state index >= 15 is 0 Å². The van der Waals surface area contributed by atoms with Gasteiger partial charge in [-0.05, 0) is 24.3 Å². The van der Waals surface area contributed by atoms with Gasteiger partial charge in [0.25, 0.3) is 0 Å². The zero-order valence-corrected chi connectivity index (χ0v) is 14.6. The van der Waals surface area contributed by atoms with E-state index in [1.807, 2.05) is 13.9 Å². The molecule has 0 atom stereocenters. The van der Waals surface area contributed by atoms with Crippen LogP contribution in [0, 0.1) is 0 Å². The van der Waals surface area contributed by atoms with Crippen LogP contribution in [0.5, 0.6) is 5.75 Å². The van der Waals surface area contributed by atoms with Crippen LogP contribution in [0.4, 0.5) is 0 Å². The molecule has 1 N–H and O–H groups in total. The summed E-state index contributed by atoms with van der Waals surface area (Å²) in [7, 11) is 1.84. The van der Waals surface area contributed by atoms with Crippen LogP contribution in [0.1, 0.15) is 15.9 Å². The van der Waals surface area contributed by atoms with E-state index in [4.69, 9.17) is 21.4 Å². The predicted molar refractivity (Wildman–Crippen MR) is 99.8 cm³/mol. The average molecular weight is 369 g/mol. The minimum atomic E-state index is -1.11. The Kier molecular flexibility index (Phi) is 5.09. The number of carboxylic acid groups (broad SMARTS) is 1. The molecule has 130 valence electrons. The number of aliphatic carboxylic acids is 1. The normalized spacial score (nSPS) is 10.5. The molecule has 0 radical (unpaired) electrons. The van der Waals surface area contributed by atoms with Crippen LogP contribution < -0.4 is 10.2 Å². The number of ketones is 1. The number of carbonyl (C=O) groups excluding carboxylic acids is 1. The van der Waals surface area contributed by atoms with Gasteiger partial charge in [-0.1, -0.05) is 35.3 Å². The van der Waals surface area contributed by atoms with Gasteiger partial charge in [0.2, 0.25) is 0 Å². The second-order valence-electron chi connectivity index (χ2n) is 5.66. The molecule has 0 saturated heterocycles. The summed E-state index contributed by atoms with van der Waals surface area (Å²) < 4.78 is 6.79. The van der Waals surface area contributed by atoms with E-state index in [0.29, 0.717) is 10.6 Å². The molecule has 3 aromatic rings. The van der Waals surface area contributed by atoms with Crippen molar-refractivity contribution in [2.45, 2.75) is 0 Å². The number of hydrogen-bond acceptors (Lipinski definition) is 4. The van der Waals surface area contributed by atoms with Crippen LogP contribution in [-0.4, -0.2) is 41.1 Å². The maximum absolute atomic E-state index is 12.9. The summed E-state index contributed by atoms with van der Waals surface area (Å²) in [4.78, 5) is 23.6. The summed E-state index contributed by atoms with van der Waals surface area (Å²) in [5.41, 5.74) is 2.23. The monoisotopic (exact) mass is 368 g/mol. The SMILES string of the molecule is Bc1ccc(OCC(=O)O)c(C(=O)c2cnn(-c3cccc(Cl)c3)c2)c1. The molecule has 8 heteroatoms. The van der Waals surface area contributed by atoms with Crippen molar-refractivity contribution in [3.05, 3.63) is 71.0 Å². The highest BCUT2D eigenvalue weighted by Gasteiger charge is 2.18. The molecule has 6 nitrogen and oxygen atoms in total. The molecule has 0 aliphatic carbocycles. The van der Waals surface area contributed by atoms with Gasteiger partial charge in [0.1, 0.15) is 13.6 Å². The Hall–Kier alpha value is -3.06. The third-order valence-electron chi connectivity index (χ3n) is 3.65. The molecule has 1 heterocycles. The van der Waals surface area contributed by atoms with E-state index in [1.54, 1.807) is 47.3 Å². The molecule has 0 amide bonds. The van der Waals surface area contributed by atoms with E-state index in [0.717, 1.165) is 11.2 Å². The smallest absolute Gasteiger partial charge is 0.341 e. The van der Waals surface area contributed by atoms with Gasteiger partial charge >= 0.3 is 5.97 Å². The Morgan fingerprint density at radius 2 is 2.04 bits per heavy atom. The second-order valence-corrected chi connectivity index (χ2v) is 6.10. The fraction of sp³-hybridized carbons (Fsp3) is 0.0556. The van der Waals surface area contributed by atoms with Crippen LogP contribution in [0.3, 0.4) is 0 Å². The molecule has 26 heavy (non-hydrogen) atoms. The Bertz CT molecular complexity index is 987.